The number of urea groups is 1. The van der Waals surface area contributed by atoms with E-state index < -0.39 is 12.0 Å². The number of aliphatic carboxylic acids is 1. The molecule has 3 atom stereocenters. The number of carbonyl (C=O) groups excluding carboxylic acids is 1. The number of amides is 2. The molecule has 0 bridgehead atoms. The van der Waals surface area contributed by atoms with Crippen LogP contribution in [0.3, 0.4) is 0 Å². The standard InChI is InChI=1S/C12H20N2O5/c1-18-9-3-2-8(6-9)13-12(17)14-4-5-19-7-10(14)11(15)16/h8-10H,2-7H2,1H3,(H,13,17)(H,15,16). The van der Waals surface area contributed by atoms with Crippen LogP contribution in [0, 0.1) is 0 Å². The van der Waals surface area contributed by atoms with Gasteiger partial charge in [0.05, 0.1) is 19.3 Å². The third-order valence-electron chi connectivity index (χ3n) is 3.72. The molecule has 0 aromatic carbocycles. The second kappa shape index (κ2) is 6.21. The van der Waals surface area contributed by atoms with Crippen LogP contribution in [0.2, 0.25) is 0 Å². The summed E-state index contributed by atoms with van der Waals surface area (Å²) >= 11 is 0. The van der Waals surface area contributed by atoms with Crippen molar-refractivity contribution in [3.8, 4) is 0 Å². The summed E-state index contributed by atoms with van der Waals surface area (Å²) in [5.74, 6) is -1.03. The normalized spacial score (nSPS) is 31.2. The van der Waals surface area contributed by atoms with Crippen molar-refractivity contribution in [3.63, 3.8) is 0 Å². The van der Waals surface area contributed by atoms with Gasteiger partial charge < -0.3 is 24.8 Å². The fraction of sp³-hybridized carbons (Fsp3) is 0.833. The van der Waals surface area contributed by atoms with E-state index in [0.717, 1.165) is 19.3 Å². The highest BCUT2D eigenvalue weighted by molar-refractivity contribution is 5.83. The number of nitrogens with one attached hydrogen (secondary N) is 1. The Morgan fingerprint density at radius 2 is 2.21 bits per heavy atom. The first kappa shape index (κ1) is 14.1. The van der Waals surface area contributed by atoms with E-state index >= 15 is 0 Å². The van der Waals surface area contributed by atoms with Gasteiger partial charge in [-0.05, 0) is 19.3 Å². The second-order valence-corrected chi connectivity index (χ2v) is 4.94. The highest BCUT2D eigenvalue weighted by Gasteiger charge is 2.34. The number of methoxy groups -OCH3 is 1. The van der Waals surface area contributed by atoms with E-state index in [1.165, 1.54) is 4.90 Å². The number of carbonyl (C=O) groups is 2. The molecule has 3 unspecified atom stereocenters. The third kappa shape index (κ3) is 3.36. The summed E-state index contributed by atoms with van der Waals surface area (Å²) in [4.78, 5) is 24.5. The van der Waals surface area contributed by atoms with Gasteiger partial charge in [-0.3, -0.25) is 0 Å². The lowest BCUT2D eigenvalue weighted by atomic mass is 10.2. The summed E-state index contributed by atoms with van der Waals surface area (Å²) in [6.07, 6.45) is 2.76. The molecule has 1 heterocycles. The number of ether oxygens (including phenoxy) is 2. The molecule has 7 nitrogen and oxygen atoms in total. The van der Waals surface area contributed by atoms with Crippen molar-refractivity contribution in [2.24, 2.45) is 0 Å². The minimum absolute atomic E-state index is 0.0497. The maximum atomic E-state index is 12.1. The SMILES string of the molecule is COC1CCC(NC(=O)N2CCOCC2C(=O)O)C1. The van der Waals surface area contributed by atoms with Gasteiger partial charge in [0.25, 0.3) is 0 Å². The lowest BCUT2D eigenvalue weighted by molar-refractivity contribution is -0.147. The van der Waals surface area contributed by atoms with Crippen LogP contribution in [0.4, 0.5) is 4.79 Å². The molecule has 1 saturated heterocycles. The van der Waals surface area contributed by atoms with Crippen molar-refractivity contribution in [1.29, 1.82) is 0 Å². The Labute approximate surface area is 111 Å². The van der Waals surface area contributed by atoms with E-state index in [-0.39, 0.29) is 24.8 Å². The molecular weight excluding hydrogens is 252 g/mol. The summed E-state index contributed by atoms with van der Waals surface area (Å²) in [5, 5.41) is 12.0. The van der Waals surface area contributed by atoms with Crippen molar-refractivity contribution in [1.82, 2.24) is 10.2 Å². The Kier molecular flexibility index (Phi) is 4.60. The highest BCUT2D eigenvalue weighted by atomic mass is 16.5. The number of morpholine rings is 1. The Morgan fingerprint density at radius 1 is 1.42 bits per heavy atom. The largest absolute Gasteiger partial charge is 0.480 e. The zero-order valence-corrected chi connectivity index (χ0v) is 11.0. The van der Waals surface area contributed by atoms with E-state index in [1.807, 2.05) is 0 Å². The molecule has 19 heavy (non-hydrogen) atoms. The molecule has 1 aliphatic carbocycles. The molecule has 2 fully saturated rings. The van der Waals surface area contributed by atoms with Gasteiger partial charge in [-0.25, -0.2) is 9.59 Å². The minimum atomic E-state index is -1.03. The number of hydrogen-bond acceptors (Lipinski definition) is 4. The fourth-order valence-electron chi connectivity index (χ4n) is 2.59. The van der Waals surface area contributed by atoms with Crippen molar-refractivity contribution >= 4 is 12.0 Å². The molecule has 2 amide bonds. The van der Waals surface area contributed by atoms with Crippen molar-refractivity contribution in [3.05, 3.63) is 0 Å². The quantitative estimate of drug-likeness (QED) is 0.758. The monoisotopic (exact) mass is 272 g/mol. The summed E-state index contributed by atoms with van der Waals surface area (Å²) < 4.78 is 10.4. The predicted octanol–water partition coefficient (Wildman–Crippen LogP) is 0.0489. The predicted molar refractivity (Wildman–Crippen MR) is 65.9 cm³/mol. The van der Waals surface area contributed by atoms with Gasteiger partial charge in [-0.1, -0.05) is 0 Å². The first-order valence-electron chi connectivity index (χ1n) is 6.52. The smallest absolute Gasteiger partial charge is 0.328 e. The number of carboxylic acids is 1. The fourth-order valence-corrected chi connectivity index (χ4v) is 2.59. The highest BCUT2D eigenvalue weighted by Crippen LogP contribution is 2.21. The Bertz CT molecular complexity index is 349. The van der Waals surface area contributed by atoms with E-state index in [9.17, 15) is 9.59 Å². The molecule has 7 heteroatoms. The van der Waals surface area contributed by atoms with Crippen molar-refractivity contribution in [2.45, 2.75) is 37.5 Å². The van der Waals surface area contributed by atoms with Crippen LogP contribution >= 0.6 is 0 Å². The summed E-state index contributed by atoms with van der Waals surface area (Å²) in [7, 11) is 1.66. The summed E-state index contributed by atoms with van der Waals surface area (Å²) in [5.41, 5.74) is 0. The van der Waals surface area contributed by atoms with Crippen LogP contribution < -0.4 is 5.32 Å². The van der Waals surface area contributed by atoms with Crippen LogP contribution in [-0.4, -0.2) is 67.1 Å². The minimum Gasteiger partial charge on any atom is -0.480 e. The van der Waals surface area contributed by atoms with Crippen molar-refractivity contribution in [2.75, 3.05) is 26.9 Å². The van der Waals surface area contributed by atoms with Gasteiger partial charge in [-0.2, -0.15) is 0 Å². The van der Waals surface area contributed by atoms with Crippen LogP contribution in [-0.2, 0) is 14.3 Å². The number of rotatable bonds is 3. The van der Waals surface area contributed by atoms with Crippen LogP contribution in [0.25, 0.3) is 0 Å². The molecule has 0 spiro atoms. The van der Waals surface area contributed by atoms with Gasteiger partial charge in [0.15, 0.2) is 6.04 Å². The lowest BCUT2D eigenvalue weighted by Gasteiger charge is -2.33. The molecule has 2 N–H and O–H groups in total. The third-order valence-corrected chi connectivity index (χ3v) is 3.72. The zero-order valence-electron chi connectivity index (χ0n) is 11.0. The molecule has 0 aromatic heterocycles. The Morgan fingerprint density at radius 3 is 2.84 bits per heavy atom. The Hall–Kier alpha value is -1.34. The molecule has 2 aliphatic rings. The molecular formula is C12H20N2O5. The van der Waals surface area contributed by atoms with E-state index in [2.05, 4.69) is 5.32 Å². The molecule has 1 aliphatic heterocycles. The Balaban J connectivity index is 1.89. The average Bonchev–Trinajstić information content (AvgIpc) is 2.86. The van der Waals surface area contributed by atoms with E-state index in [0.29, 0.717) is 13.2 Å². The molecule has 0 radical (unpaired) electrons. The zero-order chi connectivity index (χ0) is 13.8. The van der Waals surface area contributed by atoms with Gasteiger partial charge >= 0.3 is 12.0 Å². The van der Waals surface area contributed by atoms with Crippen LogP contribution in [0.5, 0.6) is 0 Å². The van der Waals surface area contributed by atoms with Gasteiger partial charge in [0.2, 0.25) is 0 Å². The van der Waals surface area contributed by atoms with Crippen LogP contribution in [0.1, 0.15) is 19.3 Å². The topological polar surface area (TPSA) is 88.1 Å². The number of nitrogens with zero attached hydrogens (tertiary/aromatic N) is 1. The first-order chi connectivity index (χ1) is 9.11. The van der Waals surface area contributed by atoms with Gasteiger partial charge in [0.1, 0.15) is 0 Å². The average molecular weight is 272 g/mol. The number of hydrogen-bond donors (Lipinski definition) is 2. The van der Waals surface area contributed by atoms with E-state index in [1.54, 1.807) is 7.11 Å². The van der Waals surface area contributed by atoms with E-state index in [4.69, 9.17) is 14.6 Å². The molecule has 1 saturated carbocycles. The van der Waals surface area contributed by atoms with Gasteiger partial charge in [-0.15, -0.1) is 0 Å². The number of carboxylic acid groups (broad SMARTS) is 1. The second-order valence-electron chi connectivity index (χ2n) is 4.94. The lowest BCUT2D eigenvalue weighted by Crippen LogP contribution is -2.56. The molecule has 108 valence electrons. The van der Waals surface area contributed by atoms with Crippen molar-refractivity contribution < 1.29 is 24.2 Å². The molecule has 0 aromatic rings. The van der Waals surface area contributed by atoms with Gasteiger partial charge in [0, 0.05) is 19.7 Å². The summed E-state index contributed by atoms with van der Waals surface area (Å²) in [6.45, 7) is 0.736. The maximum Gasteiger partial charge on any atom is 0.328 e. The maximum absolute atomic E-state index is 12.1. The van der Waals surface area contributed by atoms with Crippen LogP contribution in [0.15, 0.2) is 0 Å². The summed E-state index contributed by atoms with van der Waals surface area (Å²) in [6, 6.07) is -1.15. The first-order valence-corrected chi connectivity index (χ1v) is 6.52. The molecule has 2 rings (SSSR count).